The second kappa shape index (κ2) is 7.02. The van der Waals surface area contributed by atoms with Crippen molar-refractivity contribution in [3.63, 3.8) is 0 Å². The van der Waals surface area contributed by atoms with E-state index in [-0.39, 0.29) is 6.10 Å². The van der Waals surface area contributed by atoms with Gasteiger partial charge < -0.3 is 19.7 Å². The Hall–Kier alpha value is -1.11. The van der Waals surface area contributed by atoms with Crippen LogP contribution in [0.25, 0.3) is 0 Å². The van der Waals surface area contributed by atoms with Crippen LogP contribution in [0.4, 0.5) is 5.95 Å². The Kier molecular flexibility index (Phi) is 4.79. The zero-order chi connectivity index (χ0) is 16.5. The van der Waals surface area contributed by atoms with Gasteiger partial charge in [0.05, 0.1) is 13.2 Å². The first kappa shape index (κ1) is 16.4. The van der Waals surface area contributed by atoms with Gasteiger partial charge in [0.25, 0.3) is 0 Å². The van der Waals surface area contributed by atoms with Crippen LogP contribution >= 0.6 is 11.6 Å². The summed E-state index contributed by atoms with van der Waals surface area (Å²) in [4.78, 5) is 11.2. The number of aromatic nitrogens is 2. The molecule has 0 aliphatic carbocycles. The molecule has 0 aromatic carbocycles. The van der Waals surface area contributed by atoms with Crippen molar-refractivity contribution in [2.45, 2.75) is 62.8 Å². The van der Waals surface area contributed by atoms with Crippen LogP contribution in [0.15, 0.2) is 6.07 Å². The summed E-state index contributed by atoms with van der Waals surface area (Å²) in [5.74, 6) is 1.20. The molecule has 0 amide bonds. The molecule has 132 valence electrons. The zero-order valence-electron chi connectivity index (χ0n) is 14.1. The van der Waals surface area contributed by atoms with Gasteiger partial charge in [-0.1, -0.05) is 18.0 Å². The van der Waals surface area contributed by atoms with Crippen LogP contribution in [0.3, 0.4) is 0 Å². The van der Waals surface area contributed by atoms with Gasteiger partial charge in [0.1, 0.15) is 11.3 Å². The number of halogens is 1. The van der Waals surface area contributed by atoms with Crippen LogP contribution in [0, 0.1) is 0 Å². The minimum absolute atomic E-state index is 0.0624. The first-order valence-corrected chi connectivity index (χ1v) is 9.33. The van der Waals surface area contributed by atoms with Crippen molar-refractivity contribution in [1.82, 2.24) is 15.3 Å². The molecule has 24 heavy (non-hydrogen) atoms. The van der Waals surface area contributed by atoms with E-state index in [1.165, 1.54) is 19.3 Å². The Bertz CT molecular complexity index is 570. The number of anilines is 1. The van der Waals surface area contributed by atoms with E-state index in [2.05, 4.69) is 27.2 Å². The second-order valence-corrected chi connectivity index (χ2v) is 7.55. The van der Waals surface area contributed by atoms with Gasteiger partial charge in [-0.2, -0.15) is 4.98 Å². The topological polar surface area (TPSA) is 59.5 Å². The molecule has 1 aromatic heterocycles. The molecule has 6 nitrogen and oxygen atoms in total. The fourth-order valence-corrected chi connectivity index (χ4v) is 4.26. The number of hydrogen-bond acceptors (Lipinski definition) is 6. The average Bonchev–Trinajstić information content (AvgIpc) is 3.06. The standard InChI is InChI=1S/C17H25ClN4O2/c1-22(13-7-11-3-2-4-12(8-13)19-11)17-20-15(18)9-16(21-17)24-14-5-6-23-10-14/h9,11-14,19H,2-8,10H2,1H3/t11-,12+,13?,14-/m0/s1. The van der Waals surface area contributed by atoms with Crippen LogP contribution in [0.1, 0.15) is 38.5 Å². The molecular weight excluding hydrogens is 328 g/mol. The fraction of sp³-hybridized carbons (Fsp3) is 0.765. The summed E-state index contributed by atoms with van der Waals surface area (Å²) >= 11 is 6.21. The predicted molar refractivity (Wildman–Crippen MR) is 92.9 cm³/mol. The highest BCUT2D eigenvalue weighted by atomic mass is 35.5. The lowest BCUT2D eigenvalue weighted by Crippen LogP contribution is -2.54. The number of nitrogens with one attached hydrogen (secondary N) is 1. The van der Waals surface area contributed by atoms with Gasteiger partial charge in [0.15, 0.2) is 0 Å². The Morgan fingerprint density at radius 1 is 1.25 bits per heavy atom. The van der Waals surface area contributed by atoms with Gasteiger partial charge in [-0.25, -0.2) is 4.98 Å². The van der Waals surface area contributed by atoms with Gasteiger partial charge in [0, 0.05) is 37.7 Å². The monoisotopic (exact) mass is 352 g/mol. The predicted octanol–water partition coefficient (Wildman–Crippen LogP) is 2.41. The lowest BCUT2D eigenvalue weighted by molar-refractivity contribution is 0.138. The molecule has 3 saturated heterocycles. The maximum absolute atomic E-state index is 6.21. The number of ether oxygens (including phenoxy) is 2. The largest absolute Gasteiger partial charge is 0.472 e. The van der Waals surface area contributed by atoms with Crippen molar-refractivity contribution in [2.24, 2.45) is 0 Å². The Labute approximate surface area is 147 Å². The number of piperidine rings is 2. The number of rotatable bonds is 4. The van der Waals surface area contributed by atoms with E-state index in [0.717, 1.165) is 25.9 Å². The minimum Gasteiger partial charge on any atom is -0.472 e. The molecule has 1 N–H and O–H groups in total. The Balaban J connectivity index is 1.48. The lowest BCUT2D eigenvalue weighted by Gasteiger charge is -2.43. The van der Waals surface area contributed by atoms with Gasteiger partial charge in [-0.15, -0.1) is 0 Å². The lowest BCUT2D eigenvalue weighted by atomic mass is 9.83. The fourth-order valence-electron chi connectivity index (χ4n) is 4.10. The quantitative estimate of drug-likeness (QED) is 0.840. The van der Waals surface area contributed by atoms with E-state index >= 15 is 0 Å². The van der Waals surface area contributed by atoms with Crippen molar-refractivity contribution in [3.8, 4) is 5.88 Å². The van der Waals surface area contributed by atoms with Crippen molar-refractivity contribution >= 4 is 17.5 Å². The minimum atomic E-state index is 0.0624. The molecule has 1 aromatic rings. The summed E-state index contributed by atoms with van der Waals surface area (Å²) in [5.41, 5.74) is 0. The summed E-state index contributed by atoms with van der Waals surface area (Å²) in [7, 11) is 2.07. The molecule has 0 radical (unpaired) electrons. The molecule has 2 bridgehead atoms. The van der Waals surface area contributed by atoms with Crippen molar-refractivity contribution in [1.29, 1.82) is 0 Å². The molecule has 3 aliphatic rings. The van der Waals surface area contributed by atoms with Crippen LogP contribution in [-0.4, -0.2) is 54.5 Å². The smallest absolute Gasteiger partial charge is 0.230 e. The number of nitrogens with zero attached hydrogens (tertiary/aromatic N) is 3. The van der Waals surface area contributed by atoms with Crippen LogP contribution in [-0.2, 0) is 4.74 Å². The Morgan fingerprint density at radius 3 is 2.75 bits per heavy atom. The van der Waals surface area contributed by atoms with E-state index in [0.29, 0.717) is 41.7 Å². The maximum atomic E-state index is 6.21. The van der Waals surface area contributed by atoms with Crippen LogP contribution < -0.4 is 15.0 Å². The highest BCUT2D eigenvalue weighted by Crippen LogP contribution is 2.30. The zero-order valence-corrected chi connectivity index (χ0v) is 14.8. The summed E-state index contributed by atoms with van der Waals surface area (Å²) in [6.45, 7) is 1.36. The number of hydrogen-bond donors (Lipinski definition) is 1. The molecule has 4 heterocycles. The summed E-state index contributed by atoms with van der Waals surface area (Å²) < 4.78 is 11.3. The van der Waals surface area contributed by atoms with Gasteiger partial charge in [-0.05, 0) is 25.7 Å². The first-order valence-electron chi connectivity index (χ1n) is 8.95. The summed E-state index contributed by atoms with van der Waals surface area (Å²) in [6, 6.07) is 3.38. The molecule has 3 aliphatic heterocycles. The van der Waals surface area contributed by atoms with Crippen molar-refractivity contribution in [2.75, 3.05) is 25.2 Å². The molecule has 7 heteroatoms. The summed E-state index contributed by atoms with van der Waals surface area (Å²) in [6.07, 6.45) is 7.11. The van der Waals surface area contributed by atoms with Crippen LogP contribution in [0.5, 0.6) is 5.88 Å². The third kappa shape index (κ3) is 3.60. The van der Waals surface area contributed by atoms with E-state index in [1.807, 2.05) is 0 Å². The van der Waals surface area contributed by atoms with E-state index in [4.69, 9.17) is 21.1 Å². The van der Waals surface area contributed by atoms with Gasteiger partial charge >= 0.3 is 0 Å². The van der Waals surface area contributed by atoms with Gasteiger partial charge in [0.2, 0.25) is 11.8 Å². The molecule has 0 saturated carbocycles. The average molecular weight is 353 g/mol. The molecule has 4 rings (SSSR count). The second-order valence-electron chi connectivity index (χ2n) is 7.16. The first-order chi connectivity index (χ1) is 11.7. The normalized spacial score (nSPS) is 32.6. The highest BCUT2D eigenvalue weighted by Gasteiger charge is 2.34. The summed E-state index contributed by atoms with van der Waals surface area (Å²) in [5, 5.41) is 4.15. The van der Waals surface area contributed by atoms with Crippen LogP contribution in [0.2, 0.25) is 5.15 Å². The van der Waals surface area contributed by atoms with E-state index < -0.39 is 0 Å². The molecular formula is C17H25ClN4O2. The van der Waals surface area contributed by atoms with E-state index in [1.54, 1.807) is 6.07 Å². The number of fused-ring (bicyclic) bond motifs is 2. The molecule has 4 atom stereocenters. The highest BCUT2D eigenvalue weighted by molar-refractivity contribution is 6.29. The van der Waals surface area contributed by atoms with Crippen molar-refractivity contribution < 1.29 is 9.47 Å². The SMILES string of the molecule is CN(c1nc(Cl)cc(O[C@H]2CCOC2)n1)C1C[C@H]2CCC[C@@H](C1)N2. The maximum Gasteiger partial charge on any atom is 0.230 e. The third-order valence-electron chi connectivity index (χ3n) is 5.39. The molecule has 0 spiro atoms. The van der Waals surface area contributed by atoms with Crippen molar-refractivity contribution in [3.05, 3.63) is 11.2 Å². The Morgan fingerprint density at radius 2 is 2.04 bits per heavy atom. The van der Waals surface area contributed by atoms with Gasteiger partial charge in [-0.3, -0.25) is 0 Å². The molecule has 3 fully saturated rings. The molecule has 1 unspecified atom stereocenters. The van der Waals surface area contributed by atoms with E-state index in [9.17, 15) is 0 Å². The third-order valence-corrected chi connectivity index (χ3v) is 5.58.